The molecular formula is C12H24N2O4S. The van der Waals surface area contributed by atoms with Crippen molar-refractivity contribution in [3.8, 4) is 0 Å². The van der Waals surface area contributed by atoms with Gasteiger partial charge in [-0.05, 0) is 12.3 Å². The Morgan fingerprint density at radius 3 is 2.32 bits per heavy atom. The first-order valence-electron chi connectivity index (χ1n) is 6.39. The number of carbonyl (C=O) groups is 2. The van der Waals surface area contributed by atoms with Crippen LogP contribution in [-0.2, 0) is 15.6 Å². The summed E-state index contributed by atoms with van der Waals surface area (Å²) < 4.78 is 11.1. The molecule has 0 fully saturated rings. The second-order valence-electron chi connectivity index (χ2n) is 4.70. The molecule has 2 amide bonds. The van der Waals surface area contributed by atoms with Crippen LogP contribution in [0, 0.1) is 5.92 Å². The molecular weight excluding hydrogens is 268 g/mol. The first-order valence-corrected chi connectivity index (χ1v) is 8.01. The number of carbonyl (C=O) groups excluding carboxylic acids is 1. The summed E-state index contributed by atoms with van der Waals surface area (Å²) in [5, 5.41) is 14.1. The Balaban J connectivity index is 4.14. The zero-order valence-corrected chi connectivity index (χ0v) is 12.8. The Morgan fingerprint density at radius 1 is 1.32 bits per heavy atom. The van der Waals surface area contributed by atoms with E-state index in [0.717, 1.165) is 0 Å². The predicted molar refractivity (Wildman–Crippen MR) is 75.6 cm³/mol. The van der Waals surface area contributed by atoms with Crippen LogP contribution in [-0.4, -0.2) is 45.4 Å². The van der Waals surface area contributed by atoms with Crippen molar-refractivity contribution in [3.05, 3.63) is 0 Å². The number of rotatable bonds is 8. The second kappa shape index (κ2) is 8.90. The van der Waals surface area contributed by atoms with Gasteiger partial charge in [-0.15, -0.1) is 0 Å². The molecule has 0 bridgehead atoms. The lowest BCUT2D eigenvalue weighted by molar-refractivity contribution is -0.140. The maximum Gasteiger partial charge on any atom is 0.326 e. The highest BCUT2D eigenvalue weighted by Crippen LogP contribution is 2.07. The van der Waals surface area contributed by atoms with Crippen LogP contribution in [0.1, 0.15) is 33.6 Å². The lowest BCUT2D eigenvalue weighted by Crippen LogP contribution is -2.49. The minimum absolute atomic E-state index is 0.00476. The van der Waals surface area contributed by atoms with E-state index < -0.39 is 28.8 Å². The quantitative estimate of drug-likeness (QED) is 0.620. The van der Waals surface area contributed by atoms with E-state index in [1.807, 2.05) is 13.8 Å². The van der Waals surface area contributed by atoms with Crippen LogP contribution in [0.25, 0.3) is 0 Å². The van der Waals surface area contributed by atoms with Crippen LogP contribution in [0.5, 0.6) is 0 Å². The Morgan fingerprint density at radius 2 is 1.89 bits per heavy atom. The normalized spacial score (nSPS) is 17.1. The fraction of sp³-hybridized carbons (Fsp3) is 0.833. The van der Waals surface area contributed by atoms with Crippen LogP contribution in [0.3, 0.4) is 0 Å². The topological polar surface area (TPSA) is 95.5 Å². The van der Waals surface area contributed by atoms with Gasteiger partial charge >= 0.3 is 12.0 Å². The molecule has 0 aromatic heterocycles. The molecule has 19 heavy (non-hydrogen) atoms. The van der Waals surface area contributed by atoms with Gasteiger partial charge in [-0.3, -0.25) is 4.21 Å². The molecule has 0 aromatic carbocycles. The largest absolute Gasteiger partial charge is 0.480 e. The van der Waals surface area contributed by atoms with Crippen molar-refractivity contribution in [1.29, 1.82) is 0 Å². The maximum absolute atomic E-state index is 11.6. The van der Waals surface area contributed by atoms with Crippen molar-refractivity contribution in [2.45, 2.75) is 44.9 Å². The van der Waals surface area contributed by atoms with Gasteiger partial charge in [0.15, 0.2) is 0 Å². The number of carboxylic acid groups (broad SMARTS) is 1. The van der Waals surface area contributed by atoms with Gasteiger partial charge in [0, 0.05) is 28.9 Å². The molecule has 0 aromatic rings. The van der Waals surface area contributed by atoms with Crippen LogP contribution < -0.4 is 10.6 Å². The highest BCUT2D eigenvalue weighted by atomic mass is 32.2. The van der Waals surface area contributed by atoms with Gasteiger partial charge in [-0.1, -0.05) is 27.2 Å². The molecule has 0 aliphatic rings. The molecule has 0 saturated carbocycles. The summed E-state index contributed by atoms with van der Waals surface area (Å²) in [7, 11) is -0.918. The van der Waals surface area contributed by atoms with Crippen molar-refractivity contribution in [1.82, 2.24) is 10.6 Å². The van der Waals surface area contributed by atoms with Crippen LogP contribution in [0.4, 0.5) is 4.79 Å². The Labute approximate surface area is 116 Å². The number of hydrogen-bond acceptors (Lipinski definition) is 3. The van der Waals surface area contributed by atoms with Gasteiger partial charge in [0.25, 0.3) is 0 Å². The average Bonchev–Trinajstić information content (AvgIpc) is 2.34. The number of nitrogens with one attached hydrogen (secondary N) is 2. The van der Waals surface area contributed by atoms with E-state index in [1.165, 1.54) is 0 Å². The average molecular weight is 292 g/mol. The molecule has 112 valence electrons. The number of amides is 2. The summed E-state index contributed by atoms with van der Waals surface area (Å²) in [4.78, 5) is 22.6. The summed E-state index contributed by atoms with van der Waals surface area (Å²) >= 11 is 0. The van der Waals surface area contributed by atoms with Gasteiger partial charge in [0.1, 0.15) is 6.04 Å². The molecule has 4 atom stereocenters. The van der Waals surface area contributed by atoms with E-state index in [9.17, 15) is 13.8 Å². The van der Waals surface area contributed by atoms with Crippen molar-refractivity contribution in [2.75, 3.05) is 12.8 Å². The van der Waals surface area contributed by atoms with Crippen molar-refractivity contribution >= 4 is 22.8 Å². The first-order chi connectivity index (χ1) is 8.79. The monoisotopic (exact) mass is 292 g/mol. The van der Waals surface area contributed by atoms with E-state index in [2.05, 4.69) is 10.6 Å². The molecule has 0 saturated heterocycles. The minimum Gasteiger partial charge on any atom is -0.480 e. The zero-order chi connectivity index (χ0) is 15.0. The van der Waals surface area contributed by atoms with Crippen molar-refractivity contribution in [3.63, 3.8) is 0 Å². The van der Waals surface area contributed by atoms with E-state index in [4.69, 9.17) is 5.11 Å². The standard InChI is InChI=1S/C12H24N2O4S/c1-5-8(2)10(11(15)16)14-12(17)13-7-6-9(3)19(4)18/h8-10H,5-7H2,1-4H3,(H,15,16)(H2,13,14,17)/t8?,9?,10-,19?/m0/s1. The third kappa shape index (κ3) is 7.15. The minimum atomic E-state index is -1.03. The number of aliphatic carboxylic acids is 1. The smallest absolute Gasteiger partial charge is 0.326 e. The molecule has 0 aliphatic heterocycles. The fourth-order valence-electron chi connectivity index (χ4n) is 1.43. The zero-order valence-electron chi connectivity index (χ0n) is 11.9. The number of carboxylic acids is 1. The molecule has 0 aliphatic carbocycles. The number of urea groups is 1. The van der Waals surface area contributed by atoms with Crippen molar-refractivity contribution in [2.24, 2.45) is 5.92 Å². The van der Waals surface area contributed by atoms with E-state index in [1.54, 1.807) is 13.2 Å². The van der Waals surface area contributed by atoms with Gasteiger partial charge in [-0.25, -0.2) is 9.59 Å². The summed E-state index contributed by atoms with van der Waals surface area (Å²) in [6, 6.07) is -1.38. The Hall–Kier alpha value is -1.11. The summed E-state index contributed by atoms with van der Waals surface area (Å²) in [5.74, 6) is -1.17. The van der Waals surface area contributed by atoms with E-state index in [-0.39, 0.29) is 11.2 Å². The Bertz CT molecular complexity index is 336. The van der Waals surface area contributed by atoms with Gasteiger partial charge in [0.2, 0.25) is 0 Å². The summed E-state index contributed by atoms with van der Waals surface area (Å²) in [6.07, 6.45) is 2.88. The highest BCUT2D eigenvalue weighted by molar-refractivity contribution is 7.84. The third-order valence-electron chi connectivity index (χ3n) is 3.17. The molecule has 0 radical (unpaired) electrons. The lowest BCUT2D eigenvalue weighted by Gasteiger charge is -2.20. The van der Waals surface area contributed by atoms with Gasteiger partial charge in [0.05, 0.1) is 0 Å². The van der Waals surface area contributed by atoms with Crippen LogP contribution in [0.2, 0.25) is 0 Å². The molecule has 0 spiro atoms. The molecule has 0 rings (SSSR count). The maximum atomic E-state index is 11.6. The van der Waals surface area contributed by atoms with Gasteiger partial charge < -0.3 is 15.7 Å². The SMILES string of the molecule is CCC(C)[C@H](NC(=O)NCCC(C)S(C)=O)C(=O)O. The van der Waals surface area contributed by atoms with E-state index in [0.29, 0.717) is 19.4 Å². The summed E-state index contributed by atoms with van der Waals surface area (Å²) in [5.41, 5.74) is 0. The second-order valence-corrected chi connectivity index (χ2v) is 6.50. The summed E-state index contributed by atoms with van der Waals surface area (Å²) in [6.45, 7) is 5.87. The lowest BCUT2D eigenvalue weighted by atomic mass is 9.99. The molecule has 6 nitrogen and oxygen atoms in total. The Kier molecular flexibility index (Phi) is 8.38. The molecule has 0 heterocycles. The first kappa shape index (κ1) is 17.9. The van der Waals surface area contributed by atoms with Gasteiger partial charge in [-0.2, -0.15) is 0 Å². The van der Waals surface area contributed by atoms with Crippen LogP contribution in [0.15, 0.2) is 0 Å². The predicted octanol–water partition coefficient (Wildman–Crippen LogP) is 0.942. The van der Waals surface area contributed by atoms with Crippen LogP contribution >= 0.6 is 0 Å². The van der Waals surface area contributed by atoms with E-state index >= 15 is 0 Å². The highest BCUT2D eigenvalue weighted by Gasteiger charge is 2.25. The fourth-order valence-corrected chi connectivity index (χ4v) is 1.88. The number of hydrogen-bond donors (Lipinski definition) is 3. The molecule has 3 N–H and O–H groups in total. The third-order valence-corrected chi connectivity index (χ3v) is 4.54. The molecule has 7 heteroatoms. The van der Waals surface area contributed by atoms with Crippen molar-refractivity contribution < 1.29 is 18.9 Å². The molecule has 3 unspecified atom stereocenters.